The van der Waals surface area contributed by atoms with Crippen LogP contribution in [0.4, 0.5) is 0 Å². The fourth-order valence-corrected chi connectivity index (χ4v) is 2.92. The number of carbonyl (C=O) groups is 1. The quantitative estimate of drug-likeness (QED) is 0.103. The molecule has 0 spiro atoms. The number of carbonyl (C=O) groups excluding carboxylic acids is 1. The van der Waals surface area contributed by atoms with Crippen LogP contribution in [-0.2, 0) is 0 Å². The maximum absolute atomic E-state index is 13.1. The Hall–Kier alpha value is -2.86. The van der Waals surface area contributed by atoms with Gasteiger partial charge in [0.2, 0.25) is 5.78 Å². The lowest BCUT2D eigenvalue weighted by Gasteiger charge is -2.15. The van der Waals surface area contributed by atoms with Crippen LogP contribution in [-0.4, -0.2) is 37.1 Å². The van der Waals surface area contributed by atoms with E-state index in [1.807, 2.05) is 38.1 Å². The normalized spacial score (nSPS) is 13.0. The average molecular weight is 412 g/mol. The summed E-state index contributed by atoms with van der Waals surface area (Å²) in [6.07, 6.45) is 14.0. The zero-order valence-corrected chi connectivity index (χ0v) is 19.0. The highest BCUT2D eigenvalue weighted by Gasteiger charge is 2.18. The van der Waals surface area contributed by atoms with Crippen LogP contribution in [0.5, 0.6) is 0 Å². The van der Waals surface area contributed by atoms with Crippen molar-refractivity contribution in [3.63, 3.8) is 0 Å². The first-order valence-electron chi connectivity index (χ1n) is 10.7. The number of rotatable bonds is 14. The summed E-state index contributed by atoms with van der Waals surface area (Å²) in [6.45, 7) is 9.99. The molecule has 0 amide bonds. The second kappa shape index (κ2) is 14.2. The number of allylic oxidation sites excluding steroid dienone is 5. The first-order chi connectivity index (χ1) is 14.5. The predicted octanol–water partition coefficient (Wildman–Crippen LogP) is 4.45. The summed E-state index contributed by atoms with van der Waals surface area (Å²) >= 11 is 0. The molecule has 0 aliphatic heterocycles. The number of Topliss-reactive ketones (excluding diaryl/α,β-unsaturated/α-hetero) is 1. The molecule has 5 N–H and O–H groups in total. The molecule has 30 heavy (non-hydrogen) atoms. The van der Waals surface area contributed by atoms with E-state index in [1.165, 1.54) is 0 Å². The molecule has 0 atom stereocenters. The fraction of sp³-hybridized carbons (Fsp3) is 0.417. The second-order valence-electron chi connectivity index (χ2n) is 6.87. The second-order valence-corrected chi connectivity index (χ2v) is 6.87. The smallest absolute Gasteiger partial charge is 0.214 e. The lowest BCUT2D eigenvalue weighted by molar-refractivity contribution is 0.103. The molecule has 1 heterocycles. The molecule has 0 aliphatic rings. The van der Waals surface area contributed by atoms with Crippen molar-refractivity contribution in [1.29, 1.82) is 5.41 Å². The molecule has 6 heteroatoms. The first kappa shape index (κ1) is 25.2. The van der Waals surface area contributed by atoms with Crippen molar-refractivity contribution in [2.24, 2.45) is 0 Å². The van der Waals surface area contributed by atoms with Gasteiger partial charge in [0.15, 0.2) is 0 Å². The van der Waals surface area contributed by atoms with Gasteiger partial charge in [0.25, 0.3) is 0 Å². The maximum Gasteiger partial charge on any atom is 0.214 e. The summed E-state index contributed by atoms with van der Waals surface area (Å²) in [4.78, 5) is 16.2. The van der Waals surface area contributed by atoms with E-state index in [4.69, 9.17) is 5.41 Å². The van der Waals surface area contributed by atoms with Crippen molar-refractivity contribution in [2.45, 2.75) is 47.0 Å². The van der Waals surface area contributed by atoms with E-state index in [-0.39, 0.29) is 11.4 Å². The number of ketones is 1. The summed E-state index contributed by atoms with van der Waals surface area (Å²) in [6, 6.07) is 1.84. The number of unbranched alkanes of at least 4 members (excludes halogenated alkanes) is 1. The van der Waals surface area contributed by atoms with Gasteiger partial charge in [-0.05, 0) is 63.9 Å². The Balaban J connectivity index is 3.12. The van der Waals surface area contributed by atoms with Crippen LogP contribution in [0.25, 0.3) is 6.08 Å². The van der Waals surface area contributed by atoms with E-state index in [9.17, 15) is 4.79 Å². The van der Waals surface area contributed by atoms with Gasteiger partial charge in [-0.25, -0.2) is 0 Å². The van der Waals surface area contributed by atoms with Gasteiger partial charge in [0.05, 0.1) is 11.3 Å². The van der Waals surface area contributed by atoms with Crippen LogP contribution in [0.3, 0.4) is 0 Å². The van der Waals surface area contributed by atoms with Gasteiger partial charge in [-0.15, -0.1) is 0 Å². The van der Waals surface area contributed by atoms with E-state index in [2.05, 4.69) is 46.9 Å². The van der Waals surface area contributed by atoms with Crippen LogP contribution in [0.15, 0.2) is 47.5 Å². The molecule has 164 valence electrons. The van der Waals surface area contributed by atoms with Gasteiger partial charge >= 0.3 is 0 Å². The molecule has 0 unspecified atom stereocenters. The number of H-pyrrole nitrogens is 1. The predicted molar refractivity (Wildman–Crippen MR) is 128 cm³/mol. The molecule has 0 aromatic carbocycles. The van der Waals surface area contributed by atoms with Crippen molar-refractivity contribution in [2.75, 3.05) is 20.1 Å². The largest absolute Gasteiger partial charge is 0.374 e. The minimum absolute atomic E-state index is 0.229. The molecular formula is C24H37N5O. The Morgan fingerprint density at radius 2 is 2.07 bits per heavy atom. The van der Waals surface area contributed by atoms with E-state index < -0.39 is 0 Å². The van der Waals surface area contributed by atoms with Crippen LogP contribution in [0, 0.1) is 12.3 Å². The van der Waals surface area contributed by atoms with E-state index >= 15 is 0 Å². The molecular weight excluding hydrogens is 374 g/mol. The molecule has 1 rings (SSSR count). The number of aromatic nitrogens is 1. The van der Waals surface area contributed by atoms with Crippen molar-refractivity contribution < 1.29 is 4.79 Å². The van der Waals surface area contributed by atoms with Crippen LogP contribution < -0.4 is 16.0 Å². The zero-order valence-electron chi connectivity index (χ0n) is 19.0. The SMILES string of the molecule is C/C=C\C(=C/CCCNCC)N/C(NC)=C(\C=N)C(=O)c1cc(/C=C\CC)c(C)[nH]1. The first-order valence-corrected chi connectivity index (χ1v) is 10.7. The Kier molecular flexibility index (Phi) is 11.9. The highest BCUT2D eigenvalue weighted by molar-refractivity contribution is 6.20. The topological polar surface area (TPSA) is 92.8 Å². The molecule has 0 fully saturated rings. The summed E-state index contributed by atoms with van der Waals surface area (Å²) in [7, 11) is 1.74. The van der Waals surface area contributed by atoms with Gasteiger partial charge in [-0.2, -0.15) is 0 Å². The third kappa shape index (κ3) is 7.87. The number of nitrogens with one attached hydrogen (secondary N) is 5. The number of aromatic amines is 1. The molecule has 1 aromatic heterocycles. The van der Waals surface area contributed by atoms with Gasteiger partial charge in [0, 0.05) is 24.7 Å². The average Bonchev–Trinajstić information content (AvgIpc) is 3.12. The Bertz CT molecular complexity index is 812. The van der Waals surface area contributed by atoms with Crippen molar-refractivity contribution in [1.82, 2.24) is 20.9 Å². The monoisotopic (exact) mass is 411 g/mol. The van der Waals surface area contributed by atoms with Gasteiger partial charge in [0.1, 0.15) is 5.82 Å². The van der Waals surface area contributed by atoms with Crippen molar-refractivity contribution >= 4 is 18.1 Å². The highest BCUT2D eigenvalue weighted by atomic mass is 16.1. The summed E-state index contributed by atoms with van der Waals surface area (Å²) in [5, 5.41) is 17.5. The minimum atomic E-state index is -0.229. The van der Waals surface area contributed by atoms with E-state index in [1.54, 1.807) is 7.05 Å². The lowest BCUT2D eigenvalue weighted by Crippen LogP contribution is -2.27. The molecule has 0 saturated carbocycles. The Labute approximate surface area is 181 Å². The third-order valence-electron chi connectivity index (χ3n) is 4.53. The number of hydrogen-bond donors (Lipinski definition) is 5. The summed E-state index contributed by atoms with van der Waals surface area (Å²) in [5.74, 6) is 0.275. The van der Waals surface area contributed by atoms with E-state index in [0.717, 1.165) is 55.5 Å². The van der Waals surface area contributed by atoms with Crippen molar-refractivity contribution in [3.8, 4) is 0 Å². The molecule has 6 nitrogen and oxygen atoms in total. The van der Waals surface area contributed by atoms with Crippen LogP contribution >= 0.6 is 0 Å². The molecule has 0 aliphatic carbocycles. The lowest BCUT2D eigenvalue weighted by atomic mass is 10.1. The molecule has 0 radical (unpaired) electrons. The molecule has 0 saturated heterocycles. The van der Waals surface area contributed by atoms with Gasteiger partial charge in [-0.1, -0.05) is 38.2 Å². The van der Waals surface area contributed by atoms with Gasteiger partial charge < -0.3 is 26.3 Å². The summed E-state index contributed by atoms with van der Waals surface area (Å²) < 4.78 is 0. The highest BCUT2D eigenvalue weighted by Crippen LogP contribution is 2.16. The van der Waals surface area contributed by atoms with Gasteiger partial charge in [-0.3, -0.25) is 4.79 Å². The van der Waals surface area contributed by atoms with Crippen LogP contribution in [0.2, 0.25) is 0 Å². The number of hydrogen-bond acceptors (Lipinski definition) is 5. The Morgan fingerprint density at radius 1 is 1.30 bits per heavy atom. The maximum atomic E-state index is 13.1. The number of aryl methyl sites for hydroxylation is 1. The van der Waals surface area contributed by atoms with Crippen molar-refractivity contribution in [3.05, 3.63) is 64.4 Å². The Morgan fingerprint density at radius 3 is 2.67 bits per heavy atom. The minimum Gasteiger partial charge on any atom is -0.374 e. The van der Waals surface area contributed by atoms with Crippen LogP contribution in [0.1, 0.15) is 61.8 Å². The fourth-order valence-electron chi connectivity index (χ4n) is 2.92. The standard InChI is InChI=1S/C24H37N5O/c1-6-9-13-19-16-22(28-18(19)4)23(30)21(17-25)24(26-5)29-20(12-7-2)14-10-11-15-27-8-3/h7,9,12-14,16-17,25-29H,6,8,10-11,15H2,1-5H3/b12-7-,13-9-,20-14+,24-21+,25-17?. The molecule has 0 bridgehead atoms. The van der Waals surface area contributed by atoms with E-state index in [0.29, 0.717) is 11.5 Å². The molecule has 1 aromatic rings. The third-order valence-corrected chi connectivity index (χ3v) is 4.53. The zero-order chi connectivity index (χ0) is 22.4. The summed E-state index contributed by atoms with van der Waals surface area (Å²) in [5.41, 5.74) is 3.55.